The lowest BCUT2D eigenvalue weighted by atomic mass is 9.97. The van der Waals surface area contributed by atoms with Crippen LogP contribution < -0.4 is 5.32 Å². The Labute approximate surface area is 117 Å². The van der Waals surface area contributed by atoms with E-state index in [1.165, 1.54) is 6.42 Å². The van der Waals surface area contributed by atoms with Gasteiger partial charge in [0, 0.05) is 16.1 Å². The van der Waals surface area contributed by atoms with Crippen LogP contribution in [-0.4, -0.2) is 11.9 Å². The van der Waals surface area contributed by atoms with Crippen LogP contribution in [0.3, 0.4) is 0 Å². The zero-order chi connectivity index (χ0) is 13.3. The van der Waals surface area contributed by atoms with E-state index in [0.717, 1.165) is 22.0 Å². The minimum atomic E-state index is 0.0432. The molecule has 3 heteroatoms. The van der Waals surface area contributed by atoms with Crippen molar-refractivity contribution in [2.45, 2.75) is 39.7 Å². The molecule has 1 aliphatic carbocycles. The fourth-order valence-corrected chi connectivity index (χ4v) is 2.93. The quantitative estimate of drug-likeness (QED) is 0.881. The highest BCUT2D eigenvalue weighted by Gasteiger charge is 2.30. The number of nitrogens with one attached hydrogen (secondary N) is 1. The number of amides is 1. The Hall–Kier alpha value is -0.830. The Morgan fingerprint density at radius 1 is 1.33 bits per heavy atom. The molecule has 0 heterocycles. The van der Waals surface area contributed by atoms with E-state index >= 15 is 0 Å². The fourth-order valence-electron chi connectivity index (χ4n) is 2.55. The lowest BCUT2D eigenvalue weighted by Crippen LogP contribution is -2.37. The van der Waals surface area contributed by atoms with Crippen molar-refractivity contribution < 1.29 is 4.79 Å². The van der Waals surface area contributed by atoms with Crippen LogP contribution in [0.5, 0.6) is 0 Å². The smallest absolute Gasteiger partial charge is 0.251 e. The van der Waals surface area contributed by atoms with Gasteiger partial charge in [0.05, 0.1) is 0 Å². The molecular formula is C15H20BrNO. The highest BCUT2D eigenvalue weighted by molar-refractivity contribution is 9.10. The van der Waals surface area contributed by atoms with Crippen LogP contribution in [0.15, 0.2) is 22.7 Å². The molecule has 0 bridgehead atoms. The molecule has 18 heavy (non-hydrogen) atoms. The van der Waals surface area contributed by atoms with Gasteiger partial charge in [0.2, 0.25) is 0 Å². The summed E-state index contributed by atoms with van der Waals surface area (Å²) in [5.74, 6) is 1.32. The van der Waals surface area contributed by atoms with Crippen molar-refractivity contribution in [3.05, 3.63) is 33.8 Å². The van der Waals surface area contributed by atoms with Crippen molar-refractivity contribution in [2.24, 2.45) is 11.8 Å². The Bertz CT molecular complexity index is 458. The predicted molar refractivity (Wildman–Crippen MR) is 77.7 cm³/mol. The van der Waals surface area contributed by atoms with E-state index in [0.29, 0.717) is 17.9 Å². The molecule has 1 aromatic rings. The molecule has 0 saturated heterocycles. The van der Waals surface area contributed by atoms with Crippen LogP contribution in [0.25, 0.3) is 0 Å². The minimum absolute atomic E-state index is 0.0432. The van der Waals surface area contributed by atoms with E-state index in [1.54, 1.807) is 0 Å². The zero-order valence-electron chi connectivity index (χ0n) is 11.2. The number of benzene rings is 1. The molecule has 1 amide bonds. The Morgan fingerprint density at radius 2 is 2.06 bits per heavy atom. The predicted octanol–water partition coefficient (Wildman–Crippen LogP) is 3.92. The van der Waals surface area contributed by atoms with E-state index in [2.05, 4.69) is 35.1 Å². The molecule has 1 fully saturated rings. The molecule has 3 atom stereocenters. The van der Waals surface area contributed by atoms with Gasteiger partial charge in [-0.1, -0.05) is 35.8 Å². The molecule has 0 aliphatic heterocycles. The molecular weight excluding hydrogens is 290 g/mol. The second kappa shape index (κ2) is 5.43. The monoisotopic (exact) mass is 309 g/mol. The number of hydrogen-bond donors (Lipinski definition) is 1. The van der Waals surface area contributed by atoms with Gasteiger partial charge in [-0.05, 0) is 49.3 Å². The van der Waals surface area contributed by atoms with E-state index in [4.69, 9.17) is 0 Å². The summed E-state index contributed by atoms with van der Waals surface area (Å²) in [5, 5.41) is 3.16. The number of aryl methyl sites for hydroxylation is 1. The van der Waals surface area contributed by atoms with Gasteiger partial charge in [-0.15, -0.1) is 0 Å². The molecule has 1 aliphatic rings. The number of carbonyl (C=O) groups is 1. The van der Waals surface area contributed by atoms with E-state index in [9.17, 15) is 4.79 Å². The van der Waals surface area contributed by atoms with Crippen molar-refractivity contribution in [3.8, 4) is 0 Å². The standard InChI is InChI=1S/C15H20BrNO/c1-9-5-7-14(11(9)3)17-15(18)12-6-4-10(2)13(16)8-12/h4,6,8-9,11,14H,5,7H2,1-3H3,(H,17,18). The summed E-state index contributed by atoms with van der Waals surface area (Å²) in [6, 6.07) is 6.08. The van der Waals surface area contributed by atoms with Crippen molar-refractivity contribution in [1.29, 1.82) is 0 Å². The van der Waals surface area contributed by atoms with Gasteiger partial charge in [0.1, 0.15) is 0 Å². The van der Waals surface area contributed by atoms with Crippen LogP contribution in [-0.2, 0) is 0 Å². The Morgan fingerprint density at radius 3 is 2.61 bits per heavy atom. The second-order valence-corrected chi connectivity index (χ2v) is 6.31. The van der Waals surface area contributed by atoms with Crippen molar-refractivity contribution >= 4 is 21.8 Å². The SMILES string of the molecule is Cc1ccc(C(=O)NC2CCC(C)C2C)cc1Br. The third kappa shape index (κ3) is 2.77. The van der Waals surface area contributed by atoms with Crippen LogP contribution in [0, 0.1) is 18.8 Å². The maximum absolute atomic E-state index is 12.2. The maximum atomic E-state index is 12.2. The van der Waals surface area contributed by atoms with Gasteiger partial charge >= 0.3 is 0 Å². The van der Waals surface area contributed by atoms with Gasteiger partial charge in [0.25, 0.3) is 5.91 Å². The Balaban J connectivity index is 2.06. The lowest BCUT2D eigenvalue weighted by Gasteiger charge is -2.19. The lowest BCUT2D eigenvalue weighted by molar-refractivity contribution is 0.0927. The normalized spacial score (nSPS) is 27.2. The van der Waals surface area contributed by atoms with E-state index in [1.807, 2.05) is 25.1 Å². The van der Waals surface area contributed by atoms with Gasteiger partial charge in [-0.25, -0.2) is 0 Å². The molecule has 98 valence electrons. The van der Waals surface area contributed by atoms with E-state index in [-0.39, 0.29) is 5.91 Å². The molecule has 2 rings (SSSR count). The summed E-state index contributed by atoms with van der Waals surface area (Å²) < 4.78 is 0.989. The summed E-state index contributed by atoms with van der Waals surface area (Å²) in [4.78, 5) is 12.2. The summed E-state index contributed by atoms with van der Waals surface area (Å²) >= 11 is 3.47. The number of hydrogen-bond acceptors (Lipinski definition) is 1. The molecule has 1 aromatic carbocycles. The van der Waals surface area contributed by atoms with Gasteiger partial charge in [-0.3, -0.25) is 4.79 Å². The topological polar surface area (TPSA) is 29.1 Å². The fraction of sp³-hybridized carbons (Fsp3) is 0.533. The molecule has 1 N–H and O–H groups in total. The highest BCUT2D eigenvalue weighted by atomic mass is 79.9. The van der Waals surface area contributed by atoms with Gasteiger partial charge in [0.15, 0.2) is 0 Å². The van der Waals surface area contributed by atoms with Crippen molar-refractivity contribution in [1.82, 2.24) is 5.32 Å². The third-order valence-electron chi connectivity index (χ3n) is 4.22. The minimum Gasteiger partial charge on any atom is -0.349 e. The third-order valence-corrected chi connectivity index (χ3v) is 5.07. The molecule has 2 nitrogen and oxygen atoms in total. The average molecular weight is 310 g/mol. The summed E-state index contributed by atoms with van der Waals surface area (Å²) in [6.07, 6.45) is 2.31. The summed E-state index contributed by atoms with van der Waals surface area (Å²) in [7, 11) is 0. The van der Waals surface area contributed by atoms with Crippen LogP contribution in [0.1, 0.15) is 42.6 Å². The Kier molecular flexibility index (Phi) is 4.10. The first-order chi connectivity index (χ1) is 8.49. The van der Waals surface area contributed by atoms with Gasteiger partial charge < -0.3 is 5.32 Å². The van der Waals surface area contributed by atoms with Gasteiger partial charge in [-0.2, -0.15) is 0 Å². The first kappa shape index (κ1) is 13.6. The first-order valence-electron chi connectivity index (χ1n) is 6.56. The number of halogens is 1. The molecule has 0 spiro atoms. The first-order valence-corrected chi connectivity index (χ1v) is 7.35. The zero-order valence-corrected chi connectivity index (χ0v) is 12.8. The average Bonchev–Trinajstić information content (AvgIpc) is 2.64. The number of carbonyl (C=O) groups excluding carboxylic acids is 1. The van der Waals surface area contributed by atoms with Crippen LogP contribution >= 0.6 is 15.9 Å². The molecule has 3 unspecified atom stereocenters. The molecule has 1 saturated carbocycles. The second-order valence-electron chi connectivity index (χ2n) is 5.46. The van der Waals surface area contributed by atoms with Crippen molar-refractivity contribution in [3.63, 3.8) is 0 Å². The van der Waals surface area contributed by atoms with Crippen LogP contribution in [0.4, 0.5) is 0 Å². The highest BCUT2D eigenvalue weighted by Crippen LogP contribution is 2.31. The largest absolute Gasteiger partial charge is 0.349 e. The van der Waals surface area contributed by atoms with Crippen molar-refractivity contribution in [2.75, 3.05) is 0 Å². The number of rotatable bonds is 2. The summed E-state index contributed by atoms with van der Waals surface area (Å²) in [6.45, 7) is 6.51. The van der Waals surface area contributed by atoms with Crippen LogP contribution in [0.2, 0.25) is 0 Å². The maximum Gasteiger partial charge on any atom is 0.251 e. The molecule has 0 radical (unpaired) electrons. The summed E-state index contributed by atoms with van der Waals surface area (Å²) in [5.41, 5.74) is 1.88. The van der Waals surface area contributed by atoms with E-state index < -0.39 is 0 Å². The molecule has 0 aromatic heterocycles.